The number of Topliss-reactive ketones (excluding diaryl/α,β-unsaturated/α-hetero) is 1. The lowest BCUT2D eigenvalue weighted by Gasteiger charge is -2.37. The van der Waals surface area contributed by atoms with E-state index in [-0.39, 0.29) is 128 Å². The second-order valence-electron chi connectivity index (χ2n) is 39.1. The molecule has 33 nitrogen and oxygen atoms in total. The molecule has 0 aliphatic carbocycles. The molecule has 10 fully saturated rings. The van der Waals surface area contributed by atoms with E-state index in [9.17, 15) is 53.1 Å². The Balaban J connectivity index is 0.000000915. The summed E-state index contributed by atoms with van der Waals surface area (Å²) in [6.07, 6.45) is -0.851. The zero-order chi connectivity index (χ0) is 101. The lowest BCUT2D eigenvalue weighted by Crippen LogP contribution is -2.50. The van der Waals surface area contributed by atoms with Crippen molar-refractivity contribution in [2.45, 2.75) is 350 Å². The summed E-state index contributed by atoms with van der Waals surface area (Å²) < 4.78 is 66.6. The van der Waals surface area contributed by atoms with Gasteiger partial charge in [0.1, 0.15) is 11.2 Å². The number of ether oxygens (including phenoxy) is 12. The largest absolute Gasteiger partial charge is 0.479 e. The third-order valence-corrected chi connectivity index (χ3v) is 26.8. The zero-order valence-electron chi connectivity index (χ0n) is 81.8. The van der Waals surface area contributed by atoms with E-state index in [0.717, 1.165) is 96.2 Å². The Morgan fingerprint density at radius 2 is 0.770 bits per heavy atom. The number of piperazine rings is 2. The maximum absolute atomic E-state index is 13.5. The fourth-order valence-electron chi connectivity index (χ4n) is 18.1. The van der Waals surface area contributed by atoms with E-state index < -0.39 is 107 Å². The van der Waals surface area contributed by atoms with Crippen molar-refractivity contribution in [1.82, 2.24) is 29.8 Å². The average Bonchev–Trinajstić information content (AvgIpc) is 1.63. The molecule has 10 aliphatic rings. The highest BCUT2D eigenvalue weighted by molar-refractivity contribution is 9.10. The van der Waals surface area contributed by atoms with Crippen LogP contribution in [0.3, 0.4) is 0 Å². The van der Waals surface area contributed by atoms with Gasteiger partial charge in [0.05, 0.1) is 32.3 Å². The van der Waals surface area contributed by atoms with Crippen LogP contribution in [-0.4, -0.2) is 270 Å². The zero-order valence-corrected chi connectivity index (χ0v) is 86.6. The summed E-state index contributed by atoms with van der Waals surface area (Å²) in [5.41, 5.74) is 13.6. The van der Waals surface area contributed by atoms with Gasteiger partial charge < -0.3 is 112 Å². The van der Waals surface area contributed by atoms with Gasteiger partial charge in [-0.05, 0) is 268 Å². The predicted octanol–water partition coefficient (Wildman–Crippen LogP) is 21.8. The van der Waals surface area contributed by atoms with Crippen LogP contribution >= 0.6 is 54.8 Å². The number of halogens is 3. The number of nitrogens with one attached hydrogen (secondary N) is 1. The molecule has 16 rings (SSSR count). The standard InChI is InChI=1S/C27H39N3O6.C26H37N3O7.C18H22BrNO5.C12H12ClNS.C10H12BrN.C8H12O6.10CH4/c1-18(31)22-23(35-27(5,6)34-22)24(32)30-12-8-11-21(30)19-9-7-10-20(17-19)28-13-15-29(16-14-28)25(33)36-26(2,3)4;1-25(2,3)36-24(33)28-14-12-27(13-15-28)18-9-6-8-17(16-18)19-10-7-11-29(19)22(30)20-21(23(31)32)35-26(4,5)34-20;1-18(2)24-14(15(25-18)17(22)23-3)16(21)20-9-5-8-13(20)11-6-4-7-12(19)10-11;13-12-4-2-1-3-10(12)5-9-6-11(7-14)15-8-9;11-9-4-1-3-8(7-9)10-5-2-6-12-10;1-8(2)13-4(6(9)10)5(14-8)7(11)12-3;;;;;;;;;;/h7,9-10,17,21-23H,8,11-16H2,1-6H3;6,8-9,16,19-21H,7,10-15H2,1-5H3,(H,31,32);4,6-7,10,13-15H,5,8-9H2,1-3H3;1-4,6,8H,5,7,14H2;1,3-4,7,10,12H,2,5-6H2;4-5H,1-3H3,(H,9,10);10*1H4/t21?,22-,23+;19?,20-,21-;13?,14-,15-;;;4-,5-;;;;;;;;;;/m011..1........../s1. The van der Waals surface area contributed by atoms with Gasteiger partial charge in [0.15, 0.2) is 77.8 Å². The SMILES string of the molecule is Brc1cccc(C2CCCN2)c1.C.C.C.C.C.C.C.C.C.C.CC(=O)[C@@H]1OC(C)(C)O[C@H]1C(=O)N1CCCC1c1cccc(N2CCN(C(=O)OC(C)(C)C)CC2)c1.CC(C)(C)OC(=O)N1CCN(c2cccc(C3CCCN3C(=O)[C@@H]3OC(C)(C)O[C@H]3C(=O)O)c2)CC1.COC(=O)[C@@H]1OC(C)(C)O[C@H]1C(=O)N1CCCC1c1cccc(Br)c1.COC(=O)[C@@H]1OC(C)(C)O[C@H]1C(=O)O.NCc1cc(Cc2ccccc2Cl)cs1. The second kappa shape index (κ2) is 59.7. The quantitative estimate of drug-likeness (QED) is 0.0487. The predicted molar refractivity (Wildman–Crippen MR) is 591 cm³/mol. The third kappa shape index (κ3) is 37.4. The van der Waals surface area contributed by atoms with E-state index in [2.05, 4.69) is 118 Å². The molecule has 6 aromatic rings. The Morgan fingerprint density at radius 1 is 0.432 bits per heavy atom. The number of amides is 5. The average molecular weight is 2250 g/mol. The Hall–Kier alpha value is -9.25. The van der Waals surface area contributed by atoms with Crippen molar-refractivity contribution in [2.75, 3.05) is 103 Å². The number of esters is 2. The van der Waals surface area contributed by atoms with Crippen molar-refractivity contribution < 1.29 is 115 Å². The second-order valence-corrected chi connectivity index (χ2v) is 42.3. The Morgan fingerprint density at radius 3 is 1.12 bits per heavy atom. The summed E-state index contributed by atoms with van der Waals surface area (Å²) >= 11 is 14.8. The number of carbonyl (C=O) groups excluding carboxylic acids is 8. The molecule has 4 unspecified atom stereocenters. The van der Waals surface area contributed by atoms with Crippen molar-refractivity contribution in [1.29, 1.82) is 0 Å². The van der Waals surface area contributed by atoms with Crippen molar-refractivity contribution in [3.05, 3.63) is 185 Å². The normalized spacial score (nSPS) is 23.3. The molecule has 148 heavy (non-hydrogen) atoms. The number of hydrogen-bond acceptors (Lipinski definition) is 27. The van der Waals surface area contributed by atoms with Crippen LogP contribution in [0.25, 0.3) is 0 Å². The van der Waals surface area contributed by atoms with Crippen LogP contribution in [0.5, 0.6) is 0 Å². The number of carboxylic acid groups (broad SMARTS) is 2. The number of nitrogens with two attached hydrogens (primary N) is 1. The molecule has 0 radical (unpaired) electrons. The minimum Gasteiger partial charge on any atom is -0.479 e. The van der Waals surface area contributed by atoms with Gasteiger partial charge in [0, 0.05) is 115 Å². The summed E-state index contributed by atoms with van der Waals surface area (Å²) in [6, 6.07) is 43.2. The van der Waals surface area contributed by atoms with Crippen LogP contribution < -0.4 is 20.9 Å². The highest BCUT2D eigenvalue weighted by atomic mass is 79.9. The van der Waals surface area contributed by atoms with Crippen molar-refractivity contribution in [3.63, 3.8) is 0 Å². The Labute approximate surface area is 907 Å². The van der Waals surface area contributed by atoms with Crippen LogP contribution in [0.4, 0.5) is 21.0 Å². The van der Waals surface area contributed by atoms with E-state index >= 15 is 0 Å². The molecule has 0 spiro atoms. The third-order valence-electron chi connectivity index (χ3n) is 24.4. The molecule has 10 aliphatic heterocycles. The smallest absolute Gasteiger partial charge is 0.410 e. The fourth-order valence-corrected chi connectivity index (χ4v) is 19.9. The number of carbonyl (C=O) groups is 10. The van der Waals surface area contributed by atoms with E-state index in [0.29, 0.717) is 84.6 Å². The summed E-state index contributed by atoms with van der Waals surface area (Å²) in [5, 5.41) is 24.8. The van der Waals surface area contributed by atoms with Crippen molar-refractivity contribution in [2.24, 2.45) is 5.73 Å². The first kappa shape index (κ1) is 137. The summed E-state index contributed by atoms with van der Waals surface area (Å²) in [6.45, 7) is 34.4. The van der Waals surface area contributed by atoms with Gasteiger partial charge >= 0.3 is 36.1 Å². The molecule has 5 N–H and O–H groups in total. The van der Waals surface area contributed by atoms with Gasteiger partial charge in [-0.2, -0.15) is 0 Å². The number of methoxy groups -OCH3 is 2. The lowest BCUT2D eigenvalue weighted by molar-refractivity contribution is -0.170. The molecule has 11 heterocycles. The van der Waals surface area contributed by atoms with Crippen molar-refractivity contribution >= 4 is 126 Å². The van der Waals surface area contributed by atoms with Gasteiger partial charge in [-0.15, -0.1) is 11.3 Å². The van der Waals surface area contributed by atoms with Gasteiger partial charge in [0.2, 0.25) is 0 Å². The molecule has 5 aromatic carbocycles. The molecule has 10 saturated heterocycles. The van der Waals surface area contributed by atoms with Crippen LogP contribution in [0.2, 0.25) is 5.02 Å². The number of hydrogen-bond donors (Lipinski definition) is 4. The minimum absolute atomic E-state index is 0. The topological polar surface area (TPSA) is 383 Å². The molecule has 1 aromatic heterocycles. The molecular weight excluding hydrogens is 2070 g/mol. The summed E-state index contributed by atoms with van der Waals surface area (Å²) in [5.74, 6) is -8.99. The molecule has 37 heteroatoms. The van der Waals surface area contributed by atoms with Crippen molar-refractivity contribution in [3.8, 4) is 0 Å². The van der Waals surface area contributed by atoms with Gasteiger partial charge in [-0.1, -0.05) is 184 Å². The number of benzene rings is 5. The summed E-state index contributed by atoms with van der Waals surface area (Å²) in [7, 11) is 2.44. The summed E-state index contributed by atoms with van der Waals surface area (Å²) in [4.78, 5) is 137. The number of carboxylic acids is 2. The highest BCUT2D eigenvalue weighted by Crippen LogP contribution is 2.43. The number of likely N-dealkylation sites (tertiary alicyclic amines) is 3. The Kier molecular flexibility index (Phi) is 55.2. The van der Waals surface area contributed by atoms with E-state index in [1.807, 2.05) is 113 Å². The number of anilines is 2. The molecule has 0 bridgehead atoms. The van der Waals surface area contributed by atoms with E-state index in [1.54, 1.807) is 72.5 Å². The lowest BCUT2D eigenvalue weighted by atomic mass is 10.0. The number of rotatable bonds is 17. The number of aliphatic carboxylic acids is 2. The van der Waals surface area contributed by atoms with Gasteiger partial charge in [0.25, 0.3) is 17.7 Å². The molecule has 0 saturated carbocycles. The first-order valence-electron chi connectivity index (χ1n) is 46.9. The number of nitrogens with zero attached hydrogens (tertiary/aromatic N) is 7. The highest BCUT2D eigenvalue weighted by Gasteiger charge is 2.56. The first-order chi connectivity index (χ1) is 65.0. The molecule has 5 amide bonds. The van der Waals surface area contributed by atoms with E-state index in [4.69, 9.17) is 74.5 Å². The maximum atomic E-state index is 13.5. The van der Waals surface area contributed by atoms with Crippen LogP contribution in [0.15, 0.2) is 142 Å². The fraction of sp³-hybridized carbons (Fsp3) is 0.604. The molecule has 12 atom stereocenters. The first-order valence-corrected chi connectivity index (χ1v) is 49.7. The molecular formula is C111H174Br2ClN9O24S. The molecule has 834 valence electrons. The Bertz CT molecular complexity index is 5070. The van der Waals surface area contributed by atoms with Gasteiger partial charge in [-0.3, -0.25) is 19.2 Å². The number of ketones is 1. The number of thiophene rings is 1. The van der Waals surface area contributed by atoms with E-state index in [1.165, 1.54) is 66.8 Å². The van der Waals surface area contributed by atoms with Crippen LogP contribution in [0.1, 0.15) is 292 Å². The maximum Gasteiger partial charge on any atom is 0.410 e. The monoisotopic (exact) mass is 2240 g/mol. The van der Waals surface area contributed by atoms with Crippen LogP contribution in [-0.2, 0) is 108 Å². The van der Waals surface area contributed by atoms with Crippen LogP contribution in [0, 0.1) is 0 Å². The minimum atomic E-state index is -1.33. The van der Waals surface area contributed by atoms with Gasteiger partial charge in [-0.25, -0.2) is 28.8 Å².